The number of methoxy groups -OCH3 is 1. The fraction of sp³-hybridized carbons (Fsp3) is 0.308. The molecule has 0 amide bonds. The van der Waals surface area contributed by atoms with E-state index < -0.39 is 0 Å². The molecule has 2 rings (SSSR count). The Kier molecular flexibility index (Phi) is 3.89. The number of rotatable bonds is 4. The van der Waals surface area contributed by atoms with Crippen LogP contribution in [0.1, 0.15) is 18.9 Å². The molecule has 0 unspecified atom stereocenters. The predicted molar refractivity (Wildman–Crippen MR) is 75.1 cm³/mol. The number of aryl methyl sites for hydroxylation is 1. The molecule has 0 atom stereocenters. The van der Waals surface area contributed by atoms with Crippen LogP contribution in [0.5, 0.6) is 5.75 Å². The maximum Gasteiger partial charge on any atom is 0.143 e. The summed E-state index contributed by atoms with van der Waals surface area (Å²) in [6.07, 6.45) is 1.96. The number of nitrogens with two attached hydrogens (primary N) is 1. The summed E-state index contributed by atoms with van der Waals surface area (Å²) in [5.74, 6) is 6.82. The molecule has 0 bridgehead atoms. The first-order chi connectivity index (χ1) is 8.69. The molecule has 0 aliphatic carbocycles. The normalized spacial score (nSPS) is 10.7. The van der Waals surface area contributed by atoms with Gasteiger partial charge in [-0.2, -0.15) is 0 Å². The van der Waals surface area contributed by atoms with Crippen molar-refractivity contribution >= 4 is 28.3 Å². The lowest BCUT2D eigenvalue weighted by molar-refractivity contribution is 0.415. The van der Waals surface area contributed by atoms with Gasteiger partial charge in [0.15, 0.2) is 0 Å². The predicted octanol–water partition coefficient (Wildman–Crippen LogP) is 3.13. The molecule has 3 N–H and O–H groups in total. The van der Waals surface area contributed by atoms with Crippen molar-refractivity contribution in [3.05, 3.63) is 28.8 Å². The van der Waals surface area contributed by atoms with Crippen LogP contribution < -0.4 is 16.0 Å². The highest BCUT2D eigenvalue weighted by molar-refractivity contribution is 6.32. The molecule has 1 aromatic carbocycles. The second kappa shape index (κ2) is 5.42. The summed E-state index contributed by atoms with van der Waals surface area (Å²) in [5, 5.41) is 1.57. The second-order valence-corrected chi connectivity index (χ2v) is 4.48. The second-order valence-electron chi connectivity index (χ2n) is 4.07. The van der Waals surface area contributed by atoms with Gasteiger partial charge < -0.3 is 10.2 Å². The molecule has 5 heteroatoms. The zero-order valence-electron chi connectivity index (χ0n) is 10.5. The van der Waals surface area contributed by atoms with Crippen LogP contribution in [0.3, 0.4) is 0 Å². The molecule has 96 valence electrons. The molecule has 0 aliphatic rings. The van der Waals surface area contributed by atoms with Gasteiger partial charge in [0.1, 0.15) is 11.6 Å². The minimum atomic E-state index is 0.586. The van der Waals surface area contributed by atoms with Gasteiger partial charge in [-0.15, -0.1) is 0 Å². The van der Waals surface area contributed by atoms with Crippen molar-refractivity contribution in [2.45, 2.75) is 19.8 Å². The van der Waals surface area contributed by atoms with Crippen LogP contribution in [0.25, 0.3) is 10.9 Å². The molecular formula is C13H16ClN3O. The highest BCUT2D eigenvalue weighted by Gasteiger charge is 2.09. The van der Waals surface area contributed by atoms with Gasteiger partial charge in [-0.1, -0.05) is 24.9 Å². The Balaban J connectivity index is 2.63. The van der Waals surface area contributed by atoms with Crippen LogP contribution >= 0.6 is 11.6 Å². The van der Waals surface area contributed by atoms with Gasteiger partial charge in [-0.25, -0.2) is 10.8 Å². The number of halogens is 1. The van der Waals surface area contributed by atoms with Gasteiger partial charge in [0.05, 0.1) is 17.6 Å². The minimum absolute atomic E-state index is 0.586. The van der Waals surface area contributed by atoms with E-state index in [1.165, 1.54) is 0 Å². The lowest BCUT2D eigenvalue weighted by atomic mass is 10.1. The summed E-state index contributed by atoms with van der Waals surface area (Å²) in [6.45, 7) is 2.12. The molecule has 0 saturated carbocycles. The van der Waals surface area contributed by atoms with Crippen molar-refractivity contribution in [1.29, 1.82) is 0 Å². The van der Waals surface area contributed by atoms with Crippen LogP contribution in [0.4, 0.5) is 5.82 Å². The molecule has 4 nitrogen and oxygen atoms in total. The number of nitrogens with zero attached hydrogens (tertiary/aromatic N) is 1. The fourth-order valence-corrected chi connectivity index (χ4v) is 2.21. The van der Waals surface area contributed by atoms with Crippen LogP contribution in [0.15, 0.2) is 18.2 Å². The number of fused-ring (bicyclic) bond motifs is 1. The first-order valence-corrected chi connectivity index (χ1v) is 6.21. The number of nitrogens with one attached hydrogen (secondary N) is 1. The van der Waals surface area contributed by atoms with Crippen molar-refractivity contribution < 1.29 is 4.74 Å². The third kappa shape index (κ3) is 2.35. The van der Waals surface area contributed by atoms with Gasteiger partial charge in [-0.05, 0) is 24.1 Å². The molecule has 0 aliphatic heterocycles. The summed E-state index contributed by atoms with van der Waals surface area (Å²) in [4.78, 5) is 4.49. The third-order valence-electron chi connectivity index (χ3n) is 2.82. The van der Waals surface area contributed by atoms with E-state index in [9.17, 15) is 0 Å². The number of anilines is 1. The van der Waals surface area contributed by atoms with Crippen molar-refractivity contribution in [3.63, 3.8) is 0 Å². The quantitative estimate of drug-likeness (QED) is 0.659. The molecule has 0 saturated heterocycles. The van der Waals surface area contributed by atoms with Gasteiger partial charge in [0.2, 0.25) is 0 Å². The highest BCUT2D eigenvalue weighted by atomic mass is 35.5. The number of aromatic nitrogens is 1. The van der Waals surface area contributed by atoms with Crippen molar-refractivity contribution in [1.82, 2.24) is 4.98 Å². The molecule has 1 heterocycles. The smallest absolute Gasteiger partial charge is 0.143 e. The van der Waals surface area contributed by atoms with E-state index in [1.807, 2.05) is 12.1 Å². The number of hydrogen-bond acceptors (Lipinski definition) is 4. The summed E-state index contributed by atoms with van der Waals surface area (Å²) < 4.78 is 5.18. The number of hydrazine groups is 1. The molecule has 2 aromatic rings. The van der Waals surface area contributed by atoms with Crippen LogP contribution in [-0.4, -0.2) is 12.1 Å². The number of ether oxygens (including phenoxy) is 1. The Hall–Kier alpha value is -1.52. The summed E-state index contributed by atoms with van der Waals surface area (Å²) in [7, 11) is 1.58. The Morgan fingerprint density at radius 2 is 2.17 bits per heavy atom. The van der Waals surface area contributed by atoms with Gasteiger partial charge in [-0.3, -0.25) is 0 Å². The van der Waals surface area contributed by atoms with E-state index in [0.29, 0.717) is 16.6 Å². The van der Waals surface area contributed by atoms with E-state index in [0.717, 1.165) is 29.3 Å². The van der Waals surface area contributed by atoms with Crippen LogP contribution in [0.2, 0.25) is 5.02 Å². The maximum absolute atomic E-state index is 6.11. The molecule has 0 fully saturated rings. The SMILES string of the molecule is CCCc1cc2cc(Cl)c(OC)cc2nc1NN. The summed E-state index contributed by atoms with van der Waals surface area (Å²) >= 11 is 6.11. The zero-order valence-corrected chi connectivity index (χ0v) is 11.2. The molecule has 0 radical (unpaired) electrons. The topological polar surface area (TPSA) is 60.2 Å². The van der Waals surface area contributed by atoms with Crippen molar-refractivity contribution in [2.24, 2.45) is 5.84 Å². The largest absolute Gasteiger partial charge is 0.495 e. The Morgan fingerprint density at radius 1 is 1.39 bits per heavy atom. The van der Waals surface area contributed by atoms with E-state index in [2.05, 4.69) is 23.4 Å². The highest BCUT2D eigenvalue weighted by Crippen LogP contribution is 2.31. The fourth-order valence-electron chi connectivity index (χ4n) is 1.96. The molecular weight excluding hydrogens is 250 g/mol. The van der Waals surface area contributed by atoms with E-state index in [4.69, 9.17) is 22.2 Å². The van der Waals surface area contributed by atoms with E-state index >= 15 is 0 Å². The van der Waals surface area contributed by atoms with Gasteiger partial charge >= 0.3 is 0 Å². The van der Waals surface area contributed by atoms with Crippen molar-refractivity contribution in [3.8, 4) is 5.75 Å². The Bertz CT molecular complexity index is 572. The van der Waals surface area contributed by atoms with Crippen LogP contribution in [0, 0.1) is 0 Å². The zero-order chi connectivity index (χ0) is 13.1. The average molecular weight is 266 g/mol. The molecule has 18 heavy (non-hydrogen) atoms. The Morgan fingerprint density at radius 3 is 2.78 bits per heavy atom. The summed E-state index contributed by atoms with van der Waals surface area (Å²) in [5.41, 5.74) is 4.54. The Labute approximate surface area is 111 Å². The van der Waals surface area contributed by atoms with Crippen molar-refractivity contribution in [2.75, 3.05) is 12.5 Å². The molecule has 0 spiro atoms. The number of pyridine rings is 1. The number of hydrogen-bond donors (Lipinski definition) is 2. The first kappa shape index (κ1) is 12.9. The lowest BCUT2D eigenvalue weighted by Crippen LogP contribution is -2.11. The lowest BCUT2D eigenvalue weighted by Gasteiger charge is -2.11. The number of nitrogen functional groups attached to an aromatic ring is 1. The number of benzene rings is 1. The standard InChI is InChI=1S/C13H16ClN3O/c1-3-4-8-5-9-6-10(14)12(18-2)7-11(9)16-13(8)17-15/h5-7H,3-4,15H2,1-2H3,(H,16,17). The monoisotopic (exact) mass is 265 g/mol. The maximum atomic E-state index is 6.11. The summed E-state index contributed by atoms with van der Waals surface area (Å²) in [6, 6.07) is 5.74. The van der Waals surface area contributed by atoms with E-state index in [-0.39, 0.29) is 0 Å². The minimum Gasteiger partial charge on any atom is -0.495 e. The van der Waals surface area contributed by atoms with Gasteiger partial charge in [0, 0.05) is 11.5 Å². The van der Waals surface area contributed by atoms with Gasteiger partial charge in [0.25, 0.3) is 0 Å². The molecule has 1 aromatic heterocycles. The third-order valence-corrected chi connectivity index (χ3v) is 3.12. The average Bonchev–Trinajstić information content (AvgIpc) is 2.37. The first-order valence-electron chi connectivity index (χ1n) is 5.83. The van der Waals surface area contributed by atoms with E-state index in [1.54, 1.807) is 7.11 Å². The van der Waals surface area contributed by atoms with Crippen LogP contribution in [-0.2, 0) is 6.42 Å².